The number of ether oxygens (including phenoxy) is 2. The van der Waals surface area contributed by atoms with E-state index in [1.54, 1.807) is 30.3 Å². The van der Waals surface area contributed by atoms with Crippen molar-refractivity contribution < 1.29 is 22.7 Å². The molecule has 1 amide bonds. The van der Waals surface area contributed by atoms with Gasteiger partial charge in [-0.2, -0.15) is 9.57 Å². The van der Waals surface area contributed by atoms with Crippen molar-refractivity contribution in [2.45, 2.75) is 44.1 Å². The third kappa shape index (κ3) is 5.99. The fourth-order valence-corrected chi connectivity index (χ4v) is 4.88. The lowest BCUT2D eigenvalue weighted by molar-refractivity contribution is -0.118. The fourth-order valence-electron chi connectivity index (χ4n) is 3.34. The van der Waals surface area contributed by atoms with Crippen molar-refractivity contribution in [1.82, 2.24) is 4.31 Å². The number of carbonyl (C=O) groups excluding carboxylic acids is 1. The van der Waals surface area contributed by atoms with Crippen LogP contribution in [-0.2, 0) is 14.8 Å². The molecule has 2 aromatic carbocycles. The molecule has 1 aliphatic heterocycles. The van der Waals surface area contributed by atoms with Crippen LogP contribution in [0, 0.1) is 11.3 Å². The van der Waals surface area contributed by atoms with E-state index in [-0.39, 0.29) is 23.3 Å². The van der Waals surface area contributed by atoms with Gasteiger partial charge in [0.2, 0.25) is 10.0 Å². The third-order valence-electron chi connectivity index (χ3n) is 4.89. The number of carbonyl (C=O) groups is 1. The topological polar surface area (TPSA) is 109 Å². The van der Waals surface area contributed by atoms with Gasteiger partial charge in [0.25, 0.3) is 5.91 Å². The number of nitriles is 1. The zero-order valence-corrected chi connectivity index (χ0v) is 19.0. The molecule has 0 aliphatic carbocycles. The van der Waals surface area contributed by atoms with Crippen molar-refractivity contribution in [1.29, 1.82) is 5.26 Å². The minimum Gasteiger partial charge on any atom is -0.489 e. The number of benzene rings is 2. The Morgan fingerprint density at radius 1 is 1.12 bits per heavy atom. The van der Waals surface area contributed by atoms with Crippen molar-refractivity contribution in [3.05, 3.63) is 48.0 Å². The summed E-state index contributed by atoms with van der Waals surface area (Å²) in [6, 6.07) is 12.9. The number of nitrogens with one attached hydrogen (secondary N) is 1. The van der Waals surface area contributed by atoms with Gasteiger partial charge in [0, 0.05) is 13.1 Å². The first-order chi connectivity index (χ1) is 15.3. The Balaban J connectivity index is 1.76. The summed E-state index contributed by atoms with van der Waals surface area (Å²) in [6.07, 6.45) is 2.53. The summed E-state index contributed by atoms with van der Waals surface area (Å²) < 4.78 is 38.8. The molecule has 0 aromatic heterocycles. The van der Waals surface area contributed by atoms with Crippen LogP contribution in [0.4, 0.5) is 5.69 Å². The molecule has 0 saturated carbocycles. The minimum absolute atomic E-state index is 0.110. The van der Waals surface area contributed by atoms with Crippen LogP contribution >= 0.6 is 0 Å². The number of piperidine rings is 1. The van der Waals surface area contributed by atoms with Gasteiger partial charge in [-0.05, 0) is 69.2 Å². The van der Waals surface area contributed by atoms with Crippen LogP contribution < -0.4 is 14.8 Å². The predicted octanol–water partition coefficient (Wildman–Crippen LogP) is 3.54. The predicted molar refractivity (Wildman–Crippen MR) is 120 cm³/mol. The first kappa shape index (κ1) is 23.6. The quantitative estimate of drug-likeness (QED) is 0.649. The van der Waals surface area contributed by atoms with Gasteiger partial charge in [-0.1, -0.05) is 6.42 Å². The lowest BCUT2D eigenvalue weighted by atomic mass is 10.2. The molecular formula is C23H27N3O5S. The van der Waals surface area contributed by atoms with E-state index in [0.717, 1.165) is 19.3 Å². The fraction of sp³-hybridized carbons (Fsp3) is 0.391. The van der Waals surface area contributed by atoms with Crippen LogP contribution in [0.15, 0.2) is 47.4 Å². The van der Waals surface area contributed by atoms with Gasteiger partial charge in [-0.3, -0.25) is 4.79 Å². The molecule has 0 unspecified atom stereocenters. The smallest absolute Gasteiger partial charge is 0.262 e. The van der Waals surface area contributed by atoms with E-state index in [1.165, 1.54) is 16.4 Å². The Bertz CT molecular complexity index is 1090. The van der Waals surface area contributed by atoms with Gasteiger partial charge >= 0.3 is 0 Å². The first-order valence-electron chi connectivity index (χ1n) is 10.5. The number of rotatable bonds is 8. The number of anilines is 1. The summed E-state index contributed by atoms with van der Waals surface area (Å²) in [5, 5.41) is 11.5. The van der Waals surface area contributed by atoms with Gasteiger partial charge in [0.1, 0.15) is 11.5 Å². The van der Waals surface area contributed by atoms with Crippen LogP contribution in [-0.4, -0.2) is 44.4 Å². The lowest BCUT2D eigenvalue weighted by Crippen LogP contribution is -2.35. The van der Waals surface area contributed by atoms with Gasteiger partial charge in [-0.25, -0.2) is 8.42 Å². The second-order valence-corrected chi connectivity index (χ2v) is 9.70. The molecule has 1 saturated heterocycles. The molecule has 1 aliphatic rings. The molecule has 1 heterocycles. The standard InChI is InChI=1S/C23H27N3O5S/c1-17(2)31-22-11-10-20(32(28,29)26-12-4-3-5-13-26)14-21(22)25-23(27)16-30-19-8-6-18(15-24)7-9-19/h6-11,14,17H,3-5,12-13,16H2,1-2H3,(H,25,27). The van der Waals surface area contributed by atoms with Crippen molar-refractivity contribution in [3.8, 4) is 17.6 Å². The molecule has 0 spiro atoms. The summed E-state index contributed by atoms with van der Waals surface area (Å²) >= 11 is 0. The van der Waals surface area contributed by atoms with Crippen molar-refractivity contribution in [2.75, 3.05) is 25.0 Å². The van der Waals surface area contributed by atoms with Gasteiger partial charge in [-0.15, -0.1) is 0 Å². The first-order valence-corrected chi connectivity index (χ1v) is 12.0. The van der Waals surface area contributed by atoms with Crippen molar-refractivity contribution in [3.63, 3.8) is 0 Å². The number of sulfonamides is 1. The Morgan fingerprint density at radius 2 is 1.81 bits per heavy atom. The van der Waals surface area contributed by atoms with Crippen LogP contribution in [0.3, 0.4) is 0 Å². The third-order valence-corrected chi connectivity index (χ3v) is 6.79. The van der Waals surface area contributed by atoms with Crippen LogP contribution in [0.25, 0.3) is 0 Å². The van der Waals surface area contributed by atoms with E-state index in [2.05, 4.69) is 5.32 Å². The Labute approximate surface area is 188 Å². The Hall–Kier alpha value is -3.09. The van der Waals surface area contributed by atoms with E-state index in [1.807, 2.05) is 19.9 Å². The minimum atomic E-state index is -3.66. The zero-order chi connectivity index (χ0) is 23.1. The van der Waals surface area contributed by atoms with Crippen molar-refractivity contribution >= 4 is 21.6 Å². The maximum absolute atomic E-state index is 13.0. The molecule has 1 fully saturated rings. The molecule has 8 nitrogen and oxygen atoms in total. The van der Waals surface area contributed by atoms with Crippen molar-refractivity contribution in [2.24, 2.45) is 0 Å². The highest BCUT2D eigenvalue weighted by Crippen LogP contribution is 2.31. The molecule has 0 atom stereocenters. The average Bonchev–Trinajstić information content (AvgIpc) is 2.79. The number of amides is 1. The second kappa shape index (κ2) is 10.5. The second-order valence-electron chi connectivity index (χ2n) is 7.76. The molecule has 0 radical (unpaired) electrons. The Kier molecular flexibility index (Phi) is 7.72. The SMILES string of the molecule is CC(C)Oc1ccc(S(=O)(=O)N2CCCCC2)cc1NC(=O)COc1ccc(C#N)cc1. The van der Waals surface area contributed by atoms with Crippen LogP contribution in [0.5, 0.6) is 11.5 Å². The molecule has 2 aromatic rings. The summed E-state index contributed by atoms with van der Waals surface area (Å²) in [5.74, 6) is 0.360. The molecule has 1 N–H and O–H groups in total. The van der Waals surface area contributed by atoms with Gasteiger partial charge in [0.15, 0.2) is 6.61 Å². The number of hydrogen-bond donors (Lipinski definition) is 1. The van der Waals surface area contributed by atoms with E-state index in [9.17, 15) is 13.2 Å². The van der Waals surface area contributed by atoms with Gasteiger partial charge in [0.05, 0.1) is 28.3 Å². The largest absolute Gasteiger partial charge is 0.489 e. The monoisotopic (exact) mass is 457 g/mol. The molecular weight excluding hydrogens is 430 g/mol. The summed E-state index contributed by atoms with van der Waals surface area (Å²) in [6.45, 7) is 4.39. The summed E-state index contributed by atoms with van der Waals surface area (Å²) in [4.78, 5) is 12.6. The molecule has 9 heteroatoms. The number of nitrogens with zero attached hydrogens (tertiary/aromatic N) is 2. The van der Waals surface area contributed by atoms with E-state index >= 15 is 0 Å². The van der Waals surface area contributed by atoms with E-state index < -0.39 is 15.9 Å². The molecule has 0 bridgehead atoms. The normalized spacial score (nSPS) is 14.6. The highest BCUT2D eigenvalue weighted by molar-refractivity contribution is 7.89. The van der Waals surface area contributed by atoms with Gasteiger partial charge < -0.3 is 14.8 Å². The Morgan fingerprint density at radius 3 is 2.44 bits per heavy atom. The highest BCUT2D eigenvalue weighted by atomic mass is 32.2. The summed E-state index contributed by atoms with van der Waals surface area (Å²) in [7, 11) is -3.66. The zero-order valence-electron chi connectivity index (χ0n) is 18.2. The number of hydrogen-bond acceptors (Lipinski definition) is 6. The highest BCUT2D eigenvalue weighted by Gasteiger charge is 2.27. The van der Waals surface area contributed by atoms with Crippen LogP contribution in [0.2, 0.25) is 0 Å². The molecule has 170 valence electrons. The maximum Gasteiger partial charge on any atom is 0.262 e. The van der Waals surface area contributed by atoms with E-state index in [0.29, 0.717) is 30.2 Å². The van der Waals surface area contributed by atoms with Crippen LogP contribution in [0.1, 0.15) is 38.7 Å². The molecule has 3 rings (SSSR count). The molecule has 32 heavy (non-hydrogen) atoms. The average molecular weight is 458 g/mol. The maximum atomic E-state index is 13.0. The summed E-state index contributed by atoms with van der Waals surface area (Å²) in [5.41, 5.74) is 0.759. The van der Waals surface area contributed by atoms with E-state index in [4.69, 9.17) is 14.7 Å². The lowest BCUT2D eigenvalue weighted by Gasteiger charge is -2.26.